The molecule has 0 saturated heterocycles. The van der Waals surface area contributed by atoms with E-state index < -0.39 is 0 Å². The minimum atomic E-state index is 0.770. The summed E-state index contributed by atoms with van der Waals surface area (Å²) in [5, 5.41) is 0. The Morgan fingerprint density at radius 1 is 1.23 bits per heavy atom. The third kappa shape index (κ3) is 1.11. The van der Waals surface area contributed by atoms with Gasteiger partial charge in [-0.05, 0) is 30.9 Å². The molecule has 2 bridgehead atoms. The second-order valence-electron chi connectivity index (χ2n) is 3.75. The molecule has 0 N–H and O–H groups in total. The predicted molar refractivity (Wildman–Crippen MR) is 51.7 cm³/mol. The zero-order valence-corrected chi connectivity index (χ0v) is 7.40. The van der Waals surface area contributed by atoms with E-state index >= 15 is 0 Å². The molecule has 0 aliphatic heterocycles. The van der Waals surface area contributed by atoms with Crippen molar-refractivity contribution >= 4 is 0 Å². The first-order valence-corrected chi connectivity index (χ1v) is 4.75. The van der Waals surface area contributed by atoms with Gasteiger partial charge >= 0.3 is 0 Å². The van der Waals surface area contributed by atoms with Gasteiger partial charge in [0.25, 0.3) is 0 Å². The van der Waals surface area contributed by atoms with Crippen molar-refractivity contribution in [1.82, 2.24) is 4.98 Å². The largest absolute Gasteiger partial charge is 0.261 e. The van der Waals surface area contributed by atoms with Gasteiger partial charge in [-0.25, -0.2) is 0 Å². The fourth-order valence-electron chi connectivity index (χ4n) is 2.24. The van der Waals surface area contributed by atoms with Gasteiger partial charge in [0, 0.05) is 23.7 Å². The lowest BCUT2D eigenvalue weighted by Crippen LogP contribution is -2.05. The van der Waals surface area contributed by atoms with E-state index in [0.29, 0.717) is 0 Å². The Morgan fingerprint density at radius 3 is 2.85 bits per heavy atom. The molecule has 3 rings (SSSR count). The highest BCUT2D eigenvalue weighted by Gasteiger charge is 2.38. The van der Waals surface area contributed by atoms with Crippen LogP contribution in [0.15, 0.2) is 36.5 Å². The van der Waals surface area contributed by atoms with Gasteiger partial charge in [-0.15, -0.1) is 0 Å². The molecule has 13 heavy (non-hydrogen) atoms. The maximum atomic E-state index is 4.39. The summed E-state index contributed by atoms with van der Waals surface area (Å²) in [6, 6.07) is 6.14. The standard InChI is InChI=1S/C12H11N/c1-2-6-13-12(3-1)11-8-9-4-5-10(11)7-9/h1-6,9H,7-8H2. The Kier molecular flexibility index (Phi) is 1.51. The average molecular weight is 169 g/mol. The molecule has 1 aromatic rings. The molecule has 64 valence electrons. The maximum absolute atomic E-state index is 4.39. The number of allylic oxidation sites excluding steroid dienone is 2. The van der Waals surface area contributed by atoms with Gasteiger partial charge in [0.2, 0.25) is 0 Å². The molecule has 0 spiro atoms. The third-order valence-electron chi connectivity index (χ3n) is 2.88. The SMILES string of the molecule is C1=CC2C[C]1[C](c1ccccn1)C2. The van der Waals surface area contributed by atoms with Gasteiger partial charge in [0.15, 0.2) is 0 Å². The molecule has 1 fully saturated rings. The van der Waals surface area contributed by atoms with Crippen LogP contribution < -0.4 is 0 Å². The lowest BCUT2D eigenvalue weighted by atomic mass is 9.90. The first-order valence-electron chi connectivity index (χ1n) is 4.75. The summed E-state index contributed by atoms with van der Waals surface area (Å²) in [7, 11) is 0. The smallest absolute Gasteiger partial charge is 0.0484 e. The number of fused-ring (bicyclic) bond motifs is 2. The van der Waals surface area contributed by atoms with Crippen LogP contribution in [0.3, 0.4) is 0 Å². The van der Waals surface area contributed by atoms with E-state index in [1.54, 1.807) is 0 Å². The van der Waals surface area contributed by atoms with E-state index in [0.717, 1.165) is 5.92 Å². The zero-order valence-electron chi connectivity index (χ0n) is 7.40. The number of aromatic nitrogens is 1. The molecule has 1 saturated carbocycles. The van der Waals surface area contributed by atoms with Gasteiger partial charge in [-0.3, -0.25) is 4.98 Å². The summed E-state index contributed by atoms with van der Waals surface area (Å²) in [6.07, 6.45) is 8.90. The molecule has 1 nitrogen and oxygen atoms in total. The fraction of sp³-hybridized carbons (Fsp3) is 0.250. The second-order valence-corrected chi connectivity index (χ2v) is 3.75. The summed E-state index contributed by atoms with van der Waals surface area (Å²) in [4.78, 5) is 4.39. The first-order chi connectivity index (χ1) is 6.43. The van der Waals surface area contributed by atoms with Crippen molar-refractivity contribution < 1.29 is 0 Å². The van der Waals surface area contributed by atoms with Gasteiger partial charge in [0.1, 0.15) is 0 Å². The van der Waals surface area contributed by atoms with Crippen molar-refractivity contribution in [2.45, 2.75) is 12.8 Å². The lowest BCUT2D eigenvalue weighted by Gasteiger charge is -2.15. The summed E-state index contributed by atoms with van der Waals surface area (Å²) < 4.78 is 0. The summed E-state index contributed by atoms with van der Waals surface area (Å²) in [5.74, 6) is 3.74. The van der Waals surface area contributed by atoms with Crippen molar-refractivity contribution in [2.24, 2.45) is 5.92 Å². The Hall–Kier alpha value is -1.11. The van der Waals surface area contributed by atoms with Crippen molar-refractivity contribution in [3.05, 3.63) is 54.1 Å². The molecule has 1 aromatic heterocycles. The van der Waals surface area contributed by atoms with Crippen molar-refractivity contribution in [2.75, 3.05) is 0 Å². The Labute approximate surface area is 78.5 Å². The third-order valence-corrected chi connectivity index (χ3v) is 2.88. The molecular formula is C12H11N. The predicted octanol–water partition coefficient (Wildman–Crippen LogP) is 2.56. The minimum absolute atomic E-state index is 0.770. The quantitative estimate of drug-likeness (QED) is 0.629. The molecule has 2 aliphatic rings. The van der Waals surface area contributed by atoms with Crippen molar-refractivity contribution in [1.29, 1.82) is 0 Å². The van der Waals surface area contributed by atoms with Crippen LogP contribution in [0.25, 0.3) is 0 Å². The molecule has 2 radical (unpaired) electrons. The van der Waals surface area contributed by atoms with Crippen LogP contribution in [0.4, 0.5) is 0 Å². The highest BCUT2D eigenvalue weighted by atomic mass is 14.7. The Bertz CT molecular complexity index is 328. The van der Waals surface area contributed by atoms with Gasteiger partial charge < -0.3 is 0 Å². The van der Waals surface area contributed by atoms with Crippen LogP contribution in [0.5, 0.6) is 0 Å². The Balaban J connectivity index is 1.92. The monoisotopic (exact) mass is 169 g/mol. The van der Waals surface area contributed by atoms with E-state index in [1.807, 2.05) is 12.3 Å². The number of pyridine rings is 1. The van der Waals surface area contributed by atoms with E-state index in [1.165, 1.54) is 30.4 Å². The van der Waals surface area contributed by atoms with Crippen LogP contribution in [0, 0.1) is 17.8 Å². The van der Waals surface area contributed by atoms with E-state index in [4.69, 9.17) is 0 Å². The number of hydrogen-bond donors (Lipinski definition) is 0. The van der Waals surface area contributed by atoms with Gasteiger partial charge in [-0.2, -0.15) is 0 Å². The molecule has 1 atom stereocenters. The number of rotatable bonds is 1. The molecule has 1 heterocycles. The molecule has 0 amide bonds. The number of nitrogens with zero attached hydrogens (tertiary/aromatic N) is 1. The van der Waals surface area contributed by atoms with Gasteiger partial charge in [-0.1, -0.05) is 18.2 Å². The molecule has 2 aliphatic carbocycles. The lowest BCUT2D eigenvalue weighted by molar-refractivity contribution is 0.714. The molecule has 1 heteroatoms. The molecule has 1 unspecified atom stereocenters. The van der Waals surface area contributed by atoms with E-state index in [-0.39, 0.29) is 0 Å². The first kappa shape index (κ1) is 7.31. The highest BCUT2D eigenvalue weighted by molar-refractivity contribution is 5.48. The zero-order chi connectivity index (χ0) is 8.67. The second kappa shape index (κ2) is 2.69. The van der Waals surface area contributed by atoms with Crippen LogP contribution in [0.1, 0.15) is 18.5 Å². The van der Waals surface area contributed by atoms with Crippen LogP contribution in [-0.4, -0.2) is 4.98 Å². The van der Waals surface area contributed by atoms with Crippen LogP contribution in [0.2, 0.25) is 0 Å². The molecule has 0 aromatic carbocycles. The van der Waals surface area contributed by atoms with Gasteiger partial charge in [0.05, 0.1) is 0 Å². The number of hydrogen-bond acceptors (Lipinski definition) is 1. The van der Waals surface area contributed by atoms with E-state index in [9.17, 15) is 0 Å². The fourth-order valence-corrected chi connectivity index (χ4v) is 2.24. The normalized spacial score (nSPS) is 27.2. The van der Waals surface area contributed by atoms with E-state index in [2.05, 4.69) is 29.3 Å². The summed E-state index contributed by atoms with van der Waals surface area (Å²) in [6.45, 7) is 0. The summed E-state index contributed by atoms with van der Waals surface area (Å²) in [5.41, 5.74) is 1.17. The van der Waals surface area contributed by atoms with Crippen molar-refractivity contribution in [3.8, 4) is 0 Å². The topological polar surface area (TPSA) is 12.9 Å². The molecular weight excluding hydrogens is 158 g/mol. The average Bonchev–Trinajstić information content (AvgIpc) is 2.80. The maximum Gasteiger partial charge on any atom is 0.0484 e. The summed E-state index contributed by atoms with van der Waals surface area (Å²) >= 11 is 0. The van der Waals surface area contributed by atoms with Crippen molar-refractivity contribution in [3.63, 3.8) is 0 Å². The minimum Gasteiger partial charge on any atom is -0.261 e. The highest BCUT2D eigenvalue weighted by Crippen LogP contribution is 2.48. The van der Waals surface area contributed by atoms with Crippen LogP contribution in [-0.2, 0) is 0 Å². The Morgan fingerprint density at radius 2 is 2.23 bits per heavy atom. The van der Waals surface area contributed by atoms with Crippen LogP contribution >= 0.6 is 0 Å².